The van der Waals surface area contributed by atoms with Gasteiger partial charge in [0.25, 0.3) is 0 Å². The van der Waals surface area contributed by atoms with Gasteiger partial charge in [-0.1, -0.05) is 60.7 Å². The van der Waals surface area contributed by atoms with Gasteiger partial charge in [0.1, 0.15) is 0 Å². The van der Waals surface area contributed by atoms with Crippen molar-refractivity contribution in [2.45, 2.75) is 0 Å². The summed E-state index contributed by atoms with van der Waals surface area (Å²) in [6.07, 6.45) is 0. The molecule has 3 nitrogen and oxygen atoms in total. The molecule has 0 aromatic heterocycles. The average molecular weight is 268 g/mol. The van der Waals surface area contributed by atoms with Crippen LogP contribution >= 0.6 is 11.7 Å². The number of hydrogen-bond donors (Lipinski definition) is 2. The van der Waals surface area contributed by atoms with Crippen LogP contribution in [0.3, 0.4) is 0 Å². The van der Waals surface area contributed by atoms with Gasteiger partial charge in [0, 0.05) is 0 Å². The minimum absolute atomic E-state index is 1.28. The normalized spacial score (nSPS) is 10.2. The summed E-state index contributed by atoms with van der Waals surface area (Å²) in [6, 6.07) is 20.8. The summed E-state index contributed by atoms with van der Waals surface area (Å²) < 4.78 is 25.5. The van der Waals surface area contributed by atoms with Crippen molar-refractivity contribution < 1.29 is 13.0 Å². The van der Waals surface area contributed by atoms with Gasteiger partial charge in [0.05, 0.1) is 0 Å². The van der Waals surface area contributed by atoms with Gasteiger partial charge in [-0.15, -0.1) is 0 Å². The highest BCUT2D eigenvalue weighted by Gasteiger charge is 1.91. The summed E-state index contributed by atoms with van der Waals surface area (Å²) in [5.41, 5.74) is 2.55. The first-order valence-electron chi connectivity index (χ1n) is 4.77. The predicted molar refractivity (Wildman–Crippen MR) is 72.4 cm³/mol. The van der Waals surface area contributed by atoms with E-state index in [2.05, 4.69) is 60.2 Å². The van der Waals surface area contributed by atoms with Crippen molar-refractivity contribution in [2.75, 3.05) is 0 Å². The summed E-state index contributed by atoms with van der Waals surface area (Å²) in [5, 5.41) is 0. The molecule has 0 aliphatic carbocycles. The molecule has 17 heavy (non-hydrogen) atoms. The van der Waals surface area contributed by atoms with Crippen LogP contribution in [0.15, 0.2) is 60.7 Å². The van der Waals surface area contributed by atoms with E-state index in [1.807, 2.05) is 12.1 Å². The summed E-state index contributed by atoms with van der Waals surface area (Å²) in [7, 11) is -3.97. The molecular formula is C12H12O3S2. The van der Waals surface area contributed by atoms with Crippen LogP contribution in [0.5, 0.6) is 0 Å². The second kappa shape index (κ2) is 6.44. The van der Waals surface area contributed by atoms with Gasteiger partial charge < -0.3 is 0 Å². The Morgan fingerprint density at radius 1 is 0.765 bits per heavy atom. The third-order valence-corrected chi connectivity index (χ3v) is 1.88. The Balaban J connectivity index is 0.000000249. The smallest absolute Gasteiger partial charge is 0.277 e. The van der Waals surface area contributed by atoms with Gasteiger partial charge in [-0.05, 0) is 22.8 Å². The lowest BCUT2D eigenvalue weighted by atomic mass is 10.1. The molecule has 2 rings (SSSR count). The molecule has 0 saturated carbocycles. The molecule has 0 heterocycles. The molecule has 0 aliphatic rings. The van der Waals surface area contributed by atoms with E-state index in [0.717, 1.165) is 0 Å². The highest BCUT2D eigenvalue weighted by atomic mass is 33.1. The van der Waals surface area contributed by atoms with Crippen LogP contribution in [-0.4, -0.2) is 13.0 Å². The van der Waals surface area contributed by atoms with Gasteiger partial charge in [-0.25, -0.2) is 0 Å². The number of rotatable bonds is 1. The van der Waals surface area contributed by atoms with Crippen LogP contribution in [0.4, 0.5) is 0 Å². The Labute approximate surface area is 106 Å². The van der Waals surface area contributed by atoms with Crippen LogP contribution in [-0.2, 0) is 9.15 Å². The van der Waals surface area contributed by atoms with Gasteiger partial charge >= 0.3 is 9.15 Å². The maximum atomic E-state index is 9.05. The molecule has 1 N–H and O–H groups in total. The third-order valence-electron chi connectivity index (χ3n) is 1.88. The molecule has 2 aromatic rings. The zero-order chi connectivity index (χ0) is 12.7. The van der Waals surface area contributed by atoms with Crippen LogP contribution in [0, 0.1) is 0 Å². The summed E-state index contributed by atoms with van der Waals surface area (Å²) >= 11 is 2.65. The van der Waals surface area contributed by atoms with E-state index < -0.39 is 9.15 Å². The summed E-state index contributed by atoms with van der Waals surface area (Å²) in [4.78, 5) is 0. The summed E-state index contributed by atoms with van der Waals surface area (Å²) in [6.45, 7) is 0. The maximum Gasteiger partial charge on any atom is 0.316 e. The number of thiol groups is 1. The van der Waals surface area contributed by atoms with Gasteiger partial charge in [0.2, 0.25) is 0 Å². The van der Waals surface area contributed by atoms with Crippen molar-refractivity contribution >= 4 is 20.8 Å². The molecule has 0 saturated heterocycles. The molecule has 0 aliphatic heterocycles. The van der Waals surface area contributed by atoms with E-state index in [1.54, 1.807) is 0 Å². The summed E-state index contributed by atoms with van der Waals surface area (Å²) in [5.74, 6) is 0. The van der Waals surface area contributed by atoms with Crippen molar-refractivity contribution in [2.24, 2.45) is 0 Å². The molecule has 0 atom stereocenters. The van der Waals surface area contributed by atoms with Crippen molar-refractivity contribution in [3.05, 3.63) is 60.7 Å². The lowest BCUT2D eigenvalue weighted by Gasteiger charge is -1.98. The lowest BCUT2D eigenvalue weighted by Crippen LogP contribution is -1.78. The lowest BCUT2D eigenvalue weighted by molar-refractivity contribution is 0.503. The average Bonchev–Trinajstić information content (AvgIpc) is 2.29. The van der Waals surface area contributed by atoms with E-state index in [0.29, 0.717) is 0 Å². The van der Waals surface area contributed by atoms with Crippen LogP contribution in [0.1, 0.15) is 0 Å². The molecule has 0 unspecified atom stereocenters. The maximum absolute atomic E-state index is 9.05. The van der Waals surface area contributed by atoms with E-state index in [9.17, 15) is 0 Å². The molecule has 0 bridgehead atoms. The second-order valence-electron chi connectivity index (χ2n) is 3.18. The molecule has 5 heteroatoms. The van der Waals surface area contributed by atoms with E-state index in [-0.39, 0.29) is 0 Å². The highest BCUT2D eigenvalue weighted by Crippen LogP contribution is 2.17. The number of benzene rings is 2. The molecule has 0 radical (unpaired) electrons. The standard InChI is InChI=1S/C12H10.H2O3S2/c1-3-7-11(8-4-1)12-9-5-2-6-10-12;1-5(2,3)4/h1-10H;(H2,1,2,3,4). The minimum atomic E-state index is -3.97. The molecule has 0 fully saturated rings. The van der Waals surface area contributed by atoms with E-state index in [4.69, 9.17) is 13.0 Å². The van der Waals surface area contributed by atoms with Gasteiger partial charge in [0.15, 0.2) is 0 Å². The highest BCUT2D eigenvalue weighted by molar-refractivity contribution is 8.61. The zero-order valence-corrected chi connectivity index (χ0v) is 10.6. The first kappa shape index (κ1) is 13.8. The third kappa shape index (κ3) is 6.78. The van der Waals surface area contributed by atoms with Crippen molar-refractivity contribution in [3.63, 3.8) is 0 Å². The Morgan fingerprint density at radius 2 is 1.00 bits per heavy atom. The van der Waals surface area contributed by atoms with Crippen LogP contribution in [0.2, 0.25) is 0 Å². The molecular weight excluding hydrogens is 256 g/mol. The Kier molecular flexibility index (Phi) is 5.21. The van der Waals surface area contributed by atoms with E-state index in [1.165, 1.54) is 11.1 Å². The van der Waals surface area contributed by atoms with E-state index >= 15 is 0 Å². The SMILES string of the molecule is O=S(=O)(O)S.c1ccc(-c2ccccc2)cc1. The molecule has 90 valence electrons. The topological polar surface area (TPSA) is 54.4 Å². The molecule has 0 amide bonds. The fraction of sp³-hybridized carbons (Fsp3) is 0. The van der Waals surface area contributed by atoms with Crippen LogP contribution in [0.25, 0.3) is 11.1 Å². The largest absolute Gasteiger partial charge is 0.316 e. The second-order valence-corrected chi connectivity index (χ2v) is 5.46. The number of hydrogen-bond acceptors (Lipinski definition) is 2. The Morgan fingerprint density at radius 3 is 1.24 bits per heavy atom. The fourth-order valence-corrected chi connectivity index (χ4v) is 1.26. The minimum Gasteiger partial charge on any atom is -0.277 e. The van der Waals surface area contributed by atoms with Crippen molar-refractivity contribution in [3.8, 4) is 11.1 Å². The van der Waals surface area contributed by atoms with Crippen molar-refractivity contribution in [1.29, 1.82) is 0 Å². The Hall–Kier alpha value is -1.30. The first-order chi connectivity index (χ1) is 7.97. The molecule has 0 spiro atoms. The van der Waals surface area contributed by atoms with Crippen LogP contribution < -0.4 is 0 Å². The monoisotopic (exact) mass is 268 g/mol. The Bertz CT molecular complexity index is 491. The molecule has 2 aromatic carbocycles. The van der Waals surface area contributed by atoms with Crippen molar-refractivity contribution in [1.82, 2.24) is 0 Å². The van der Waals surface area contributed by atoms with Gasteiger partial charge in [-0.2, -0.15) is 8.42 Å². The predicted octanol–water partition coefficient (Wildman–Crippen LogP) is 3.07. The first-order valence-corrected chi connectivity index (χ1v) is 7.26. The quantitative estimate of drug-likeness (QED) is 0.475. The fourth-order valence-electron chi connectivity index (χ4n) is 1.26. The zero-order valence-electron chi connectivity index (χ0n) is 8.89. The van der Waals surface area contributed by atoms with Gasteiger partial charge in [-0.3, -0.25) is 4.55 Å².